The number of amides is 1. The van der Waals surface area contributed by atoms with Gasteiger partial charge in [-0.2, -0.15) is 5.26 Å². The molecular formula is C19H18N2O2. The van der Waals surface area contributed by atoms with Crippen molar-refractivity contribution < 1.29 is 9.53 Å². The molecule has 4 nitrogen and oxygen atoms in total. The van der Waals surface area contributed by atoms with Crippen molar-refractivity contribution in [2.75, 3.05) is 12.4 Å². The van der Waals surface area contributed by atoms with Gasteiger partial charge in [0.05, 0.1) is 7.11 Å². The number of carbonyl (C=O) groups is 1. The molecule has 0 saturated carbocycles. The topological polar surface area (TPSA) is 62.1 Å². The highest BCUT2D eigenvalue weighted by Crippen LogP contribution is 2.19. The zero-order chi connectivity index (χ0) is 16.8. The van der Waals surface area contributed by atoms with Gasteiger partial charge in [-0.3, -0.25) is 4.79 Å². The van der Waals surface area contributed by atoms with Crippen molar-refractivity contribution in [1.29, 1.82) is 5.26 Å². The molecule has 0 spiro atoms. The number of hydrogen-bond donors (Lipinski definition) is 1. The summed E-state index contributed by atoms with van der Waals surface area (Å²) in [6.45, 7) is 3.95. The summed E-state index contributed by atoms with van der Waals surface area (Å²) in [6.07, 6.45) is 1.60. The normalized spacial score (nSPS) is 10.8. The van der Waals surface area contributed by atoms with E-state index in [1.165, 1.54) is 0 Å². The van der Waals surface area contributed by atoms with Gasteiger partial charge in [-0.05, 0) is 43.2 Å². The molecule has 2 aromatic carbocycles. The van der Waals surface area contributed by atoms with Gasteiger partial charge in [0.25, 0.3) is 5.91 Å². The highest BCUT2D eigenvalue weighted by molar-refractivity contribution is 6.09. The Balaban J connectivity index is 2.24. The minimum atomic E-state index is -0.444. The fraction of sp³-hybridized carbons (Fsp3) is 0.158. The Bertz CT molecular complexity index is 801. The van der Waals surface area contributed by atoms with Crippen LogP contribution in [0.3, 0.4) is 0 Å². The van der Waals surface area contributed by atoms with Gasteiger partial charge in [-0.1, -0.05) is 29.8 Å². The van der Waals surface area contributed by atoms with E-state index in [4.69, 9.17) is 4.74 Å². The van der Waals surface area contributed by atoms with Crippen LogP contribution in [-0.4, -0.2) is 13.0 Å². The van der Waals surface area contributed by atoms with E-state index in [0.717, 1.165) is 16.7 Å². The second kappa shape index (κ2) is 7.28. The van der Waals surface area contributed by atoms with Crippen molar-refractivity contribution in [3.05, 3.63) is 64.7 Å². The number of rotatable bonds is 4. The van der Waals surface area contributed by atoms with Gasteiger partial charge >= 0.3 is 0 Å². The lowest BCUT2D eigenvalue weighted by Gasteiger charge is -2.07. The van der Waals surface area contributed by atoms with E-state index in [1.807, 2.05) is 38.1 Å². The van der Waals surface area contributed by atoms with Crippen LogP contribution < -0.4 is 10.1 Å². The Morgan fingerprint density at radius 2 is 2.00 bits per heavy atom. The highest BCUT2D eigenvalue weighted by atomic mass is 16.5. The summed E-state index contributed by atoms with van der Waals surface area (Å²) >= 11 is 0. The van der Waals surface area contributed by atoms with Crippen LogP contribution in [0.5, 0.6) is 5.75 Å². The van der Waals surface area contributed by atoms with Crippen molar-refractivity contribution in [3.8, 4) is 11.8 Å². The average molecular weight is 306 g/mol. The number of ether oxygens (including phenoxy) is 1. The summed E-state index contributed by atoms with van der Waals surface area (Å²) in [6, 6.07) is 14.8. The smallest absolute Gasteiger partial charge is 0.266 e. The Labute approximate surface area is 136 Å². The van der Waals surface area contributed by atoms with Gasteiger partial charge in [0.15, 0.2) is 0 Å². The van der Waals surface area contributed by atoms with Crippen LogP contribution in [0.1, 0.15) is 16.7 Å². The van der Waals surface area contributed by atoms with Crippen molar-refractivity contribution in [2.45, 2.75) is 13.8 Å². The quantitative estimate of drug-likeness (QED) is 0.689. The first kappa shape index (κ1) is 16.3. The predicted octanol–water partition coefficient (Wildman–Crippen LogP) is 3.86. The zero-order valence-corrected chi connectivity index (χ0v) is 13.4. The van der Waals surface area contributed by atoms with Gasteiger partial charge in [-0.25, -0.2) is 0 Å². The Hall–Kier alpha value is -3.06. The van der Waals surface area contributed by atoms with E-state index in [1.54, 1.807) is 37.5 Å². The first-order chi connectivity index (χ1) is 11.0. The Morgan fingerprint density at radius 3 is 2.65 bits per heavy atom. The molecule has 0 aliphatic rings. The number of nitriles is 1. The predicted molar refractivity (Wildman–Crippen MR) is 91.1 cm³/mol. The van der Waals surface area contributed by atoms with Crippen molar-refractivity contribution in [2.24, 2.45) is 0 Å². The maximum atomic E-state index is 12.3. The van der Waals surface area contributed by atoms with Gasteiger partial charge in [-0.15, -0.1) is 0 Å². The zero-order valence-electron chi connectivity index (χ0n) is 13.4. The van der Waals surface area contributed by atoms with E-state index in [-0.39, 0.29) is 5.57 Å². The van der Waals surface area contributed by atoms with Crippen LogP contribution in [0.2, 0.25) is 0 Å². The first-order valence-electron chi connectivity index (χ1n) is 7.18. The molecule has 0 unspecified atom stereocenters. The Morgan fingerprint density at radius 1 is 1.22 bits per heavy atom. The standard InChI is InChI=1S/C19H18N2O2/c1-13-7-8-15(14(2)9-13)10-16(12-20)19(22)21-17-5-4-6-18(11-17)23-3/h4-11H,1-3H3,(H,21,22)/b16-10+. The molecule has 2 rings (SSSR count). The number of carbonyl (C=O) groups excluding carboxylic acids is 1. The minimum absolute atomic E-state index is 0.0553. The lowest BCUT2D eigenvalue weighted by Crippen LogP contribution is -2.13. The molecule has 1 N–H and O–H groups in total. The number of nitrogens with zero attached hydrogens (tertiary/aromatic N) is 1. The number of nitrogens with one attached hydrogen (secondary N) is 1. The molecule has 116 valence electrons. The number of hydrogen-bond acceptors (Lipinski definition) is 3. The molecule has 0 aliphatic heterocycles. The lowest BCUT2D eigenvalue weighted by molar-refractivity contribution is -0.112. The third kappa shape index (κ3) is 4.21. The largest absolute Gasteiger partial charge is 0.497 e. The minimum Gasteiger partial charge on any atom is -0.497 e. The molecule has 0 fully saturated rings. The fourth-order valence-corrected chi connectivity index (χ4v) is 2.19. The van der Waals surface area contributed by atoms with Crippen LogP contribution in [-0.2, 0) is 4.79 Å². The monoisotopic (exact) mass is 306 g/mol. The molecule has 2 aromatic rings. The third-order valence-electron chi connectivity index (χ3n) is 3.42. The lowest BCUT2D eigenvalue weighted by atomic mass is 10.0. The summed E-state index contributed by atoms with van der Waals surface area (Å²) in [5.41, 5.74) is 3.65. The molecule has 4 heteroatoms. The fourth-order valence-electron chi connectivity index (χ4n) is 2.19. The third-order valence-corrected chi connectivity index (χ3v) is 3.42. The SMILES string of the molecule is COc1cccc(NC(=O)/C(C#N)=C/c2ccc(C)cc2C)c1. The number of anilines is 1. The second-order valence-corrected chi connectivity index (χ2v) is 5.22. The van der Waals surface area contributed by atoms with Gasteiger partial charge < -0.3 is 10.1 Å². The molecule has 0 aromatic heterocycles. The van der Waals surface area contributed by atoms with Gasteiger partial charge in [0.1, 0.15) is 17.4 Å². The van der Waals surface area contributed by atoms with Crippen LogP contribution >= 0.6 is 0 Å². The van der Waals surface area contributed by atoms with E-state index in [2.05, 4.69) is 5.32 Å². The molecule has 0 aliphatic carbocycles. The van der Waals surface area contributed by atoms with E-state index < -0.39 is 5.91 Å². The Kier molecular flexibility index (Phi) is 5.16. The summed E-state index contributed by atoms with van der Waals surface area (Å²) in [7, 11) is 1.56. The summed E-state index contributed by atoms with van der Waals surface area (Å²) in [5, 5.41) is 12.0. The van der Waals surface area contributed by atoms with Gasteiger partial charge in [0.2, 0.25) is 0 Å². The molecule has 0 bridgehead atoms. The number of aryl methyl sites for hydroxylation is 2. The summed E-state index contributed by atoms with van der Waals surface area (Å²) < 4.78 is 5.11. The molecular weight excluding hydrogens is 288 g/mol. The van der Waals surface area contributed by atoms with Crippen LogP contribution in [0.4, 0.5) is 5.69 Å². The van der Waals surface area contributed by atoms with Crippen molar-refractivity contribution in [1.82, 2.24) is 0 Å². The maximum Gasteiger partial charge on any atom is 0.266 e. The van der Waals surface area contributed by atoms with E-state index in [9.17, 15) is 10.1 Å². The van der Waals surface area contributed by atoms with Crippen molar-refractivity contribution >= 4 is 17.7 Å². The molecule has 1 amide bonds. The average Bonchev–Trinajstić information content (AvgIpc) is 2.54. The van der Waals surface area contributed by atoms with Crippen LogP contribution in [0.25, 0.3) is 6.08 Å². The number of benzene rings is 2. The van der Waals surface area contributed by atoms with E-state index in [0.29, 0.717) is 11.4 Å². The maximum absolute atomic E-state index is 12.3. The summed E-state index contributed by atoms with van der Waals surface area (Å²) in [4.78, 5) is 12.3. The summed E-state index contributed by atoms with van der Waals surface area (Å²) in [5.74, 6) is 0.195. The van der Waals surface area contributed by atoms with Crippen molar-refractivity contribution in [3.63, 3.8) is 0 Å². The molecule has 0 atom stereocenters. The molecule has 0 heterocycles. The first-order valence-corrected chi connectivity index (χ1v) is 7.18. The number of methoxy groups -OCH3 is 1. The highest BCUT2D eigenvalue weighted by Gasteiger charge is 2.10. The van der Waals surface area contributed by atoms with Crippen LogP contribution in [0.15, 0.2) is 48.0 Å². The molecule has 0 saturated heterocycles. The van der Waals surface area contributed by atoms with E-state index >= 15 is 0 Å². The van der Waals surface area contributed by atoms with Gasteiger partial charge in [0, 0.05) is 11.8 Å². The molecule has 23 heavy (non-hydrogen) atoms. The second-order valence-electron chi connectivity index (χ2n) is 5.22. The molecule has 0 radical (unpaired) electrons. The van der Waals surface area contributed by atoms with Crippen LogP contribution in [0, 0.1) is 25.2 Å².